The minimum absolute atomic E-state index is 0.154. The van der Waals surface area contributed by atoms with Gasteiger partial charge in [-0.1, -0.05) is 0 Å². The lowest BCUT2D eigenvalue weighted by Crippen LogP contribution is -2.14. The first-order valence-corrected chi connectivity index (χ1v) is 4.72. The van der Waals surface area contributed by atoms with Gasteiger partial charge in [0.15, 0.2) is 0 Å². The highest BCUT2D eigenvalue weighted by Crippen LogP contribution is 2.28. The Kier molecular flexibility index (Phi) is 3.25. The first-order chi connectivity index (χ1) is 6.60. The van der Waals surface area contributed by atoms with Crippen LogP contribution in [0.5, 0.6) is 0 Å². The number of nitrogens with zero attached hydrogens (tertiary/aromatic N) is 4. The molecule has 0 amide bonds. The Balaban J connectivity index is 3.36. The maximum Gasteiger partial charge on any atom is 0.236 e. The summed E-state index contributed by atoms with van der Waals surface area (Å²) in [4.78, 5) is 9.87. The zero-order valence-corrected chi connectivity index (χ0v) is 9.75. The van der Waals surface area contributed by atoms with E-state index in [1.54, 1.807) is 7.05 Å². The third-order valence-electron chi connectivity index (χ3n) is 1.59. The molecule has 1 heterocycles. The molecule has 0 radical (unpaired) electrons. The molecule has 0 aromatic carbocycles. The van der Waals surface area contributed by atoms with Gasteiger partial charge >= 0.3 is 0 Å². The summed E-state index contributed by atoms with van der Waals surface area (Å²) in [7, 11) is 5.45. The SMILES string of the molecule is CNc1nc(C#N)nc(N(C)C)c1Br. The molecular formula is C8H10BrN5. The number of halogens is 1. The largest absolute Gasteiger partial charge is 0.372 e. The van der Waals surface area contributed by atoms with Crippen LogP contribution in [0, 0.1) is 11.3 Å². The molecule has 5 nitrogen and oxygen atoms in total. The first-order valence-electron chi connectivity index (χ1n) is 3.93. The summed E-state index contributed by atoms with van der Waals surface area (Å²) in [5.74, 6) is 1.45. The Morgan fingerprint density at radius 1 is 1.43 bits per heavy atom. The summed E-state index contributed by atoms with van der Waals surface area (Å²) >= 11 is 3.37. The highest BCUT2D eigenvalue weighted by atomic mass is 79.9. The van der Waals surface area contributed by atoms with Crippen molar-refractivity contribution in [2.24, 2.45) is 0 Å². The number of hydrogen-bond acceptors (Lipinski definition) is 5. The molecule has 0 atom stereocenters. The molecule has 6 heteroatoms. The van der Waals surface area contributed by atoms with Crippen molar-refractivity contribution in [2.75, 3.05) is 31.4 Å². The molecule has 74 valence electrons. The highest BCUT2D eigenvalue weighted by molar-refractivity contribution is 9.10. The van der Waals surface area contributed by atoms with Gasteiger partial charge in [-0.25, -0.2) is 9.97 Å². The van der Waals surface area contributed by atoms with E-state index in [0.29, 0.717) is 11.6 Å². The minimum Gasteiger partial charge on any atom is -0.372 e. The summed E-state index contributed by atoms with van der Waals surface area (Å²) < 4.78 is 0.754. The van der Waals surface area contributed by atoms with Gasteiger partial charge < -0.3 is 10.2 Å². The molecule has 0 saturated carbocycles. The molecule has 1 aromatic heterocycles. The molecule has 1 N–H and O–H groups in total. The van der Waals surface area contributed by atoms with Crippen molar-refractivity contribution >= 4 is 27.6 Å². The first kappa shape index (κ1) is 10.7. The van der Waals surface area contributed by atoms with Crippen LogP contribution in [0.1, 0.15) is 5.82 Å². The number of aromatic nitrogens is 2. The predicted molar refractivity (Wildman–Crippen MR) is 58.3 cm³/mol. The van der Waals surface area contributed by atoms with Crippen LogP contribution in [0.25, 0.3) is 0 Å². The van der Waals surface area contributed by atoms with Crippen molar-refractivity contribution in [3.8, 4) is 6.07 Å². The van der Waals surface area contributed by atoms with Gasteiger partial charge in [0.2, 0.25) is 5.82 Å². The van der Waals surface area contributed by atoms with Crippen molar-refractivity contribution in [2.45, 2.75) is 0 Å². The van der Waals surface area contributed by atoms with Gasteiger partial charge in [-0.15, -0.1) is 0 Å². The van der Waals surface area contributed by atoms with Gasteiger partial charge in [0.25, 0.3) is 0 Å². The van der Waals surface area contributed by atoms with Gasteiger partial charge in [-0.3, -0.25) is 0 Å². The van der Waals surface area contributed by atoms with Crippen molar-refractivity contribution in [3.05, 3.63) is 10.3 Å². The van der Waals surface area contributed by atoms with Gasteiger partial charge in [0.1, 0.15) is 22.2 Å². The molecule has 0 saturated heterocycles. The van der Waals surface area contributed by atoms with Crippen LogP contribution >= 0.6 is 15.9 Å². The molecule has 0 aliphatic rings. The van der Waals surface area contributed by atoms with Crippen molar-refractivity contribution in [1.82, 2.24) is 9.97 Å². The summed E-state index contributed by atoms with van der Waals surface area (Å²) in [5, 5.41) is 11.6. The molecule has 0 bridgehead atoms. The third-order valence-corrected chi connectivity index (χ3v) is 2.32. The van der Waals surface area contributed by atoms with Gasteiger partial charge in [-0.05, 0) is 15.9 Å². The molecule has 14 heavy (non-hydrogen) atoms. The van der Waals surface area contributed by atoms with Crippen molar-refractivity contribution in [3.63, 3.8) is 0 Å². The zero-order chi connectivity index (χ0) is 10.7. The van der Waals surface area contributed by atoms with E-state index in [2.05, 4.69) is 31.2 Å². The van der Waals surface area contributed by atoms with Gasteiger partial charge in [0.05, 0.1) is 0 Å². The van der Waals surface area contributed by atoms with Gasteiger partial charge in [0, 0.05) is 21.1 Å². The molecule has 0 aliphatic heterocycles. The molecule has 0 spiro atoms. The average Bonchev–Trinajstić information content (AvgIpc) is 2.17. The molecule has 0 unspecified atom stereocenters. The molecule has 1 rings (SSSR count). The quantitative estimate of drug-likeness (QED) is 0.861. The fraction of sp³-hybridized carbons (Fsp3) is 0.375. The number of hydrogen-bond donors (Lipinski definition) is 1. The van der Waals surface area contributed by atoms with E-state index in [-0.39, 0.29) is 5.82 Å². The van der Waals surface area contributed by atoms with Crippen LogP contribution < -0.4 is 10.2 Å². The maximum absolute atomic E-state index is 8.72. The molecule has 0 aliphatic carbocycles. The number of anilines is 2. The summed E-state index contributed by atoms with van der Waals surface area (Å²) in [6.07, 6.45) is 0. The van der Waals surface area contributed by atoms with Crippen LogP contribution in [0.15, 0.2) is 4.47 Å². The van der Waals surface area contributed by atoms with E-state index < -0.39 is 0 Å². The Bertz CT molecular complexity index is 382. The van der Waals surface area contributed by atoms with Crippen LogP contribution in [0.3, 0.4) is 0 Å². The van der Waals surface area contributed by atoms with Crippen LogP contribution in [0.2, 0.25) is 0 Å². The summed E-state index contributed by atoms with van der Waals surface area (Å²) in [6.45, 7) is 0. The normalized spacial score (nSPS) is 9.36. The van der Waals surface area contributed by atoms with E-state index in [0.717, 1.165) is 4.47 Å². The van der Waals surface area contributed by atoms with E-state index in [1.807, 2.05) is 25.1 Å². The number of nitrogens with one attached hydrogen (secondary N) is 1. The maximum atomic E-state index is 8.72. The minimum atomic E-state index is 0.154. The average molecular weight is 256 g/mol. The summed E-state index contributed by atoms with van der Waals surface area (Å²) in [6, 6.07) is 1.91. The predicted octanol–water partition coefficient (Wildman–Crippen LogP) is 1.22. The van der Waals surface area contributed by atoms with Gasteiger partial charge in [-0.2, -0.15) is 5.26 Å². The van der Waals surface area contributed by atoms with Crippen LogP contribution in [-0.4, -0.2) is 31.1 Å². The monoisotopic (exact) mass is 255 g/mol. The van der Waals surface area contributed by atoms with Crippen molar-refractivity contribution in [1.29, 1.82) is 5.26 Å². The fourth-order valence-corrected chi connectivity index (χ4v) is 1.68. The second kappa shape index (κ2) is 4.24. The Labute approximate surface area is 90.9 Å². The zero-order valence-electron chi connectivity index (χ0n) is 8.17. The van der Waals surface area contributed by atoms with Crippen LogP contribution in [0.4, 0.5) is 11.6 Å². The summed E-state index contributed by atoms with van der Waals surface area (Å²) in [5.41, 5.74) is 0. The Morgan fingerprint density at radius 2 is 2.07 bits per heavy atom. The van der Waals surface area contributed by atoms with Crippen LogP contribution in [-0.2, 0) is 0 Å². The Morgan fingerprint density at radius 3 is 2.50 bits per heavy atom. The van der Waals surface area contributed by atoms with E-state index in [9.17, 15) is 0 Å². The van der Waals surface area contributed by atoms with E-state index in [1.165, 1.54) is 0 Å². The van der Waals surface area contributed by atoms with E-state index >= 15 is 0 Å². The third kappa shape index (κ3) is 1.93. The molecule has 1 aromatic rings. The highest BCUT2D eigenvalue weighted by Gasteiger charge is 2.12. The smallest absolute Gasteiger partial charge is 0.236 e. The lowest BCUT2D eigenvalue weighted by atomic mass is 10.4. The molecular weight excluding hydrogens is 246 g/mol. The second-order valence-electron chi connectivity index (χ2n) is 2.79. The fourth-order valence-electron chi connectivity index (χ4n) is 0.947. The lowest BCUT2D eigenvalue weighted by molar-refractivity contribution is 1.01. The lowest BCUT2D eigenvalue weighted by Gasteiger charge is -2.14. The standard InChI is InChI=1S/C8H10BrN5/c1-11-7-6(9)8(14(2)3)13-5(4-10)12-7/h1-3H3,(H,11,12,13). The van der Waals surface area contributed by atoms with E-state index in [4.69, 9.17) is 5.26 Å². The topological polar surface area (TPSA) is 64.8 Å². The number of rotatable bonds is 2. The van der Waals surface area contributed by atoms with Crippen molar-refractivity contribution < 1.29 is 0 Å². The Hall–Kier alpha value is -1.35. The second-order valence-corrected chi connectivity index (χ2v) is 3.58. The number of nitriles is 1. The molecule has 0 fully saturated rings.